The minimum atomic E-state index is 0.0323. The molecule has 2 aliphatic rings. The topological polar surface area (TPSA) is 58.6 Å². The van der Waals surface area contributed by atoms with Crippen molar-refractivity contribution in [3.63, 3.8) is 0 Å². The molecule has 6 nitrogen and oxygen atoms in total. The van der Waals surface area contributed by atoms with Crippen molar-refractivity contribution in [1.82, 2.24) is 14.9 Å². The van der Waals surface area contributed by atoms with Crippen LogP contribution in [0.5, 0.6) is 5.88 Å². The van der Waals surface area contributed by atoms with E-state index in [2.05, 4.69) is 21.7 Å². The van der Waals surface area contributed by atoms with Gasteiger partial charge in [-0.1, -0.05) is 19.1 Å². The van der Waals surface area contributed by atoms with Crippen LogP contribution >= 0.6 is 0 Å². The normalized spacial score (nSPS) is 21.1. The largest absolute Gasteiger partial charge is 0.475 e. The molecule has 0 radical (unpaired) electrons. The number of anilines is 1. The Morgan fingerprint density at radius 2 is 1.82 bits per heavy atom. The molecule has 2 fully saturated rings. The van der Waals surface area contributed by atoms with Gasteiger partial charge in [-0.05, 0) is 50.7 Å². The minimum absolute atomic E-state index is 0.0323. The highest BCUT2D eigenvalue weighted by molar-refractivity contribution is 5.81. The van der Waals surface area contributed by atoms with Gasteiger partial charge in [0.15, 0.2) is 5.82 Å². The van der Waals surface area contributed by atoms with Gasteiger partial charge in [-0.2, -0.15) is 0 Å². The highest BCUT2D eigenvalue weighted by Crippen LogP contribution is 2.31. The molecule has 4 rings (SSSR count). The van der Waals surface area contributed by atoms with Crippen molar-refractivity contribution in [2.75, 3.05) is 37.7 Å². The maximum atomic E-state index is 13.1. The van der Waals surface area contributed by atoms with E-state index in [0.717, 1.165) is 68.1 Å². The molecule has 2 aromatic rings. The van der Waals surface area contributed by atoms with Gasteiger partial charge >= 0.3 is 0 Å². The highest BCUT2D eigenvalue weighted by Gasteiger charge is 2.32. The zero-order valence-electron chi connectivity index (χ0n) is 16.9. The summed E-state index contributed by atoms with van der Waals surface area (Å²) >= 11 is 0. The third-order valence-electron chi connectivity index (χ3n) is 5.97. The molecule has 0 unspecified atom stereocenters. The first kappa shape index (κ1) is 19.0. The van der Waals surface area contributed by atoms with E-state index in [4.69, 9.17) is 9.72 Å². The summed E-state index contributed by atoms with van der Waals surface area (Å²) in [6.45, 7) is 8.15. The molecule has 0 aliphatic carbocycles. The number of hydrogen-bond acceptors (Lipinski definition) is 5. The number of ether oxygens (including phenoxy) is 1. The van der Waals surface area contributed by atoms with Crippen LogP contribution < -0.4 is 9.64 Å². The van der Waals surface area contributed by atoms with Gasteiger partial charge in [0.2, 0.25) is 5.91 Å². The fraction of sp³-hybridized carbons (Fsp3) is 0.591. The molecule has 0 saturated carbocycles. The molecule has 1 amide bonds. The van der Waals surface area contributed by atoms with E-state index >= 15 is 0 Å². The summed E-state index contributed by atoms with van der Waals surface area (Å²) in [5, 5.41) is 0. The number of benzene rings is 1. The summed E-state index contributed by atoms with van der Waals surface area (Å²) in [4.78, 5) is 26.9. The molecule has 0 spiro atoms. The van der Waals surface area contributed by atoms with Gasteiger partial charge in [0.1, 0.15) is 0 Å². The molecular weight excluding hydrogens is 352 g/mol. The fourth-order valence-corrected chi connectivity index (χ4v) is 4.27. The second-order valence-electron chi connectivity index (χ2n) is 8.07. The van der Waals surface area contributed by atoms with E-state index in [9.17, 15) is 4.79 Å². The van der Waals surface area contributed by atoms with E-state index < -0.39 is 0 Å². The van der Waals surface area contributed by atoms with Crippen molar-refractivity contribution in [2.24, 2.45) is 11.8 Å². The maximum Gasteiger partial charge on any atom is 0.258 e. The van der Waals surface area contributed by atoms with Gasteiger partial charge in [-0.15, -0.1) is 0 Å². The first-order valence-electron chi connectivity index (χ1n) is 10.6. The fourth-order valence-electron chi connectivity index (χ4n) is 4.27. The number of aromatic nitrogens is 2. The monoisotopic (exact) mass is 382 g/mol. The van der Waals surface area contributed by atoms with Crippen molar-refractivity contribution in [3.05, 3.63) is 24.3 Å². The van der Waals surface area contributed by atoms with E-state index in [0.29, 0.717) is 24.9 Å². The second-order valence-corrected chi connectivity index (χ2v) is 8.07. The van der Waals surface area contributed by atoms with E-state index in [1.807, 2.05) is 31.2 Å². The minimum Gasteiger partial charge on any atom is -0.475 e. The van der Waals surface area contributed by atoms with Crippen LogP contribution in [0, 0.1) is 11.8 Å². The Bertz CT molecular complexity index is 832. The van der Waals surface area contributed by atoms with Crippen LogP contribution in [0.2, 0.25) is 0 Å². The summed E-state index contributed by atoms with van der Waals surface area (Å²) < 4.78 is 5.81. The van der Waals surface area contributed by atoms with Crippen LogP contribution in [0.3, 0.4) is 0 Å². The summed E-state index contributed by atoms with van der Waals surface area (Å²) in [5.74, 6) is 2.41. The number of piperidine rings is 2. The van der Waals surface area contributed by atoms with Gasteiger partial charge in [0.05, 0.1) is 23.6 Å². The molecular formula is C22H30N4O2. The maximum absolute atomic E-state index is 13.1. The van der Waals surface area contributed by atoms with E-state index in [1.54, 1.807) is 0 Å². The van der Waals surface area contributed by atoms with Crippen molar-refractivity contribution < 1.29 is 9.53 Å². The lowest BCUT2D eigenvalue weighted by Crippen LogP contribution is -2.47. The standard InChI is InChI=1S/C22H30N4O2/c1-3-28-21-20(23-18-8-4-5-9-19(18)24-21)26-12-6-7-17(15-26)22(27)25-13-10-16(2)11-14-25/h4-5,8-9,16-17H,3,6-7,10-15H2,1-2H3/t17-/m0/s1. The van der Waals surface area contributed by atoms with Gasteiger partial charge in [0.25, 0.3) is 5.88 Å². The number of likely N-dealkylation sites (tertiary alicyclic amines) is 1. The lowest BCUT2D eigenvalue weighted by atomic mass is 9.93. The van der Waals surface area contributed by atoms with Crippen LogP contribution in [-0.4, -0.2) is 53.6 Å². The number of carbonyl (C=O) groups is 1. The Morgan fingerprint density at radius 1 is 1.11 bits per heavy atom. The number of para-hydroxylation sites is 2. The Kier molecular flexibility index (Phi) is 5.64. The number of amides is 1. The van der Waals surface area contributed by atoms with Crippen molar-refractivity contribution in [2.45, 2.75) is 39.5 Å². The summed E-state index contributed by atoms with van der Waals surface area (Å²) in [6, 6.07) is 7.86. The predicted molar refractivity (Wildman–Crippen MR) is 111 cm³/mol. The SMILES string of the molecule is CCOc1nc2ccccc2nc1N1CCC[C@H](C(=O)N2CCC(C)CC2)C1. The molecule has 2 saturated heterocycles. The van der Waals surface area contributed by atoms with Crippen molar-refractivity contribution in [3.8, 4) is 5.88 Å². The van der Waals surface area contributed by atoms with Crippen LogP contribution in [-0.2, 0) is 4.79 Å². The molecule has 0 N–H and O–H groups in total. The summed E-state index contributed by atoms with van der Waals surface area (Å²) in [7, 11) is 0. The van der Waals surface area contributed by atoms with Crippen LogP contribution in [0.1, 0.15) is 39.5 Å². The van der Waals surface area contributed by atoms with Gasteiger partial charge in [-0.25, -0.2) is 9.97 Å². The highest BCUT2D eigenvalue weighted by atomic mass is 16.5. The van der Waals surface area contributed by atoms with Crippen molar-refractivity contribution >= 4 is 22.8 Å². The molecule has 28 heavy (non-hydrogen) atoms. The Morgan fingerprint density at radius 3 is 2.54 bits per heavy atom. The average molecular weight is 383 g/mol. The molecule has 1 aromatic heterocycles. The molecule has 3 heterocycles. The number of nitrogens with zero attached hydrogens (tertiary/aromatic N) is 4. The molecule has 6 heteroatoms. The summed E-state index contributed by atoms with van der Waals surface area (Å²) in [6.07, 6.45) is 4.17. The lowest BCUT2D eigenvalue weighted by molar-refractivity contribution is -0.137. The second kappa shape index (κ2) is 8.33. The van der Waals surface area contributed by atoms with Gasteiger partial charge < -0.3 is 14.5 Å². The Balaban J connectivity index is 1.55. The predicted octanol–water partition coefficient (Wildman–Crippen LogP) is 3.50. The number of hydrogen-bond donors (Lipinski definition) is 0. The van der Waals surface area contributed by atoms with Crippen LogP contribution in [0.4, 0.5) is 5.82 Å². The molecule has 1 atom stereocenters. The third-order valence-corrected chi connectivity index (χ3v) is 5.97. The van der Waals surface area contributed by atoms with Crippen LogP contribution in [0.25, 0.3) is 11.0 Å². The van der Waals surface area contributed by atoms with Gasteiger partial charge in [-0.3, -0.25) is 4.79 Å². The number of carbonyl (C=O) groups excluding carboxylic acids is 1. The van der Waals surface area contributed by atoms with E-state index in [-0.39, 0.29) is 5.92 Å². The summed E-state index contributed by atoms with van der Waals surface area (Å²) in [5.41, 5.74) is 1.70. The zero-order chi connectivity index (χ0) is 19.5. The van der Waals surface area contributed by atoms with Gasteiger partial charge in [0, 0.05) is 26.2 Å². The average Bonchev–Trinajstić information content (AvgIpc) is 2.73. The first-order valence-corrected chi connectivity index (χ1v) is 10.6. The van der Waals surface area contributed by atoms with E-state index in [1.165, 1.54) is 0 Å². The quantitative estimate of drug-likeness (QED) is 0.810. The Hall–Kier alpha value is -2.37. The Labute approximate surface area is 166 Å². The molecule has 2 aliphatic heterocycles. The molecule has 0 bridgehead atoms. The molecule has 150 valence electrons. The number of fused-ring (bicyclic) bond motifs is 1. The van der Waals surface area contributed by atoms with Crippen molar-refractivity contribution in [1.29, 1.82) is 0 Å². The lowest BCUT2D eigenvalue weighted by Gasteiger charge is -2.38. The smallest absolute Gasteiger partial charge is 0.258 e. The first-order chi connectivity index (χ1) is 13.7. The third kappa shape index (κ3) is 3.91. The number of rotatable bonds is 4. The molecule has 1 aromatic carbocycles. The van der Waals surface area contributed by atoms with Crippen LogP contribution in [0.15, 0.2) is 24.3 Å². The zero-order valence-corrected chi connectivity index (χ0v) is 16.9.